The van der Waals surface area contributed by atoms with Gasteiger partial charge in [-0.3, -0.25) is 0 Å². The molecular formula is C16H15ClN4S. The van der Waals surface area contributed by atoms with Crippen molar-refractivity contribution in [1.29, 1.82) is 0 Å². The van der Waals surface area contributed by atoms with Crippen LogP contribution < -0.4 is 5.73 Å². The molecule has 0 spiro atoms. The van der Waals surface area contributed by atoms with Crippen molar-refractivity contribution in [2.24, 2.45) is 0 Å². The van der Waals surface area contributed by atoms with Crippen LogP contribution in [0.1, 0.15) is 11.1 Å². The summed E-state index contributed by atoms with van der Waals surface area (Å²) in [5.41, 5.74) is 9.08. The van der Waals surface area contributed by atoms with Gasteiger partial charge in [-0.1, -0.05) is 42.0 Å². The van der Waals surface area contributed by atoms with Gasteiger partial charge in [-0.05, 0) is 48.0 Å². The monoisotopic (exact) mass is 330 g/mol. The maximum Gasteiger partial charge on any atom is 0.243 e. The van der Waals surface area contributed by atoms with E-state index >= 15 is 0 Å². The topological polar surface area (TPSA) is 56.7 Å². The van der Waals surface area contributed by atoms with Gasteiger partial charge >= 0.3 is 0 Å². The van der Waals surface area contributed by atoms with E-state index in [2.05, 4.69) is 41.3 Å². The number of hydrogen-bond acceptors (Lipinski definition) is 4. The Labute approximate surface area is 138 Å². The van der Waals surface area contributed by atoms with E-state index in [1.807, 2.05) is 24.3 Å². The molecule has 0 radical (unpaired) electrons. The number of aryl methyl sites for hydroxylation is 1. The van der Waals surface area contributed by atoms with E-state index in [9.17, 15) is 0 Å². The van der Waals surface area contributed by atoms with Gasteiger partial charge in [0.2, 0.25) is 5.28 Å². The van der Waals surface area contributed by atoms with Gasteiger partial charge in [-0.25, -0.2) is 4.68 Å². The van der Waals surface area contributed by atoms with Gasteiger partial charge in [0.15, 0.2) is 5.16 Å². The molecule has 2 aromatic carbocycles. The number of nitrogen functional groups attached to an aromatic ring is 1. The van der Waals surface area contributed by atoms with Crippen LogP contribution >= 0.6 is 23.4 Å². The number of benzene rings is 2. The fourth-order valence-electron chi connectivity index (χ4n) is 2.02. The number of nitrogens with two attached hydrogens (primary N) is 1. The highest BCUT2D eigenvalue weighted by molar-refractivity contribution is 7.99. The fraction of sp³-hybridized carbons (Fsp3) is 0.125. The standard InChI is InChI=1S/C16H15ClN4S/c1-11-6-8-12(9-7-11)10-21-16(19-15(17)20-21)22-14-5-3-2-4-13(14)18/h2-9H,10,18H2,1H3. The maximum absolute atomic E-state index is 5.98. The van der Waals surface area contributed by atoms with E-state index < -0.39 is 0 Å². The number of anilines is 1. The highest BCUT2D eigenvalue weighted by atomic mass is 35.5. The average molecular weight is 331 g/mol. The first kappa shape index (κ1) is 14.9. The van der Waals surface area contributed by atoms with Gasteiger partial charge < -0.3 is 5.73 Å². The van der Waals surface area contributed by atoms with Gasteiger partial charge in [0.1, 0.15) is 0 Å². The second-order valence-electron chi connectivity index (χ2n) is 4.95. The Kier molecular flexibility index (Phi) is 4.36. The quantitative estimate of drug-likeness (QED) is 0.734. The number of hydrogen-bond donors (Lipinski definition) is 1. The predicted octanol–water partition coefficient (Wildman–Crippen LogP) is 4.02. The van der Waals surface area contributed by atoms with E-state index in [1.54, 1.807) is 4.68 Å². The van der Waals surface area contributed by atoms with Crippen molar-refractivity contribution in [3.05, 3.63) is 64.9 Å². The van der Waals surface area contributed by atoms with Gasteiger partial charge in [-0.15, -0.1) is 5.10 Å². The third-order valence-electron chi connectivity index (χ3n) is 3.19. The summed E-state index contributed by atoms with van der Waals surface area (Å²) < 4.78 is 1.80. The number of aromatic nitrogens is 3. The summed E-state index contributed by atoms with van der Waals surface area (Å²) in [6.07, 6.45) is 0. The van der Waals surface area contributed by atoms with E-state index in [-0.39, 0.29) is 5.28 Å². The van der Waals surface area contributed by atoms with Crippen LogP contribution in [0.4, 0.5) is 5.69 Å². The van der Waals surface area contributed by atoms with Crippen molar-refractivity contribution in [1.82, 2.24) is 14.8 Å². The first-order valence-electron chi connectivity index (χ1n) is 6.80. The molecule has 22 heavy (non-hydrogen) atoms. The van der Waals surface area contributed by atoms with Crippen LogP contribution in [0, 0.1) is 6.92 Å². The molecule has 0 atom stereocenters. The van der Waals surface area contributed by atoms with E-state index in [4.69, 9.17) is 17.3 Å². The van der Waals surface area contributed by atoms with Crippen LogP contribution in [0.2, 0.25) is 5.28 Å². The molecule has 0 aliphatic rings. The van der Waals surface area contributed by atoms with Crippen molar-refractivity contribution in [3.63, 3.8) is 0 Å². The maximum atomic E-state index is 5.98. The molecule has 0 bridgehead atoms. The molecule has 3 rings (SSSR count). The molecule has 1 heterocycles. The molecule has 1 aromatic heterocycles. The molecule has 2 N–H and O–H groups in total. The molecule has 4 nitrogen and oxygen atoms in total. The lowest BCUT2D eigenvalue weighted by molar-refractivity contribution is 0.618. The van der Waals surface area contributed by atoms with E-state index in [1.165, 1.54) is 17.3 Å². The van der Waals surface area contributed by atoms with Crippen LogP contribution in [-0.4, -0.2) is 14.8 Å². The molecule has 0 saturated heterocycles. The predicted molar refractivity (Wildman–Crippen MR) is 90.3 cm³/mol. The second-order valence-corrected chi connectivity index (χ2v) is 6.29. The normalized spacial score (nSPS) is 10.8. The molecule has 112 valence electrons. The zero-order chi connectivity index (χ0) is 15.5. The van der Waals surface area contributed by atoms with Crippen LogP contribution in [0.15, 0.2) is 58.6 Å². The van der Waals surface area contributed by atoms with E-state index in [0.29, 0.717) is 12.2 Å². The van der Waals surface area contributed by atoms with Crippen molar-refractivity contribution in [2.45, 2.75) is 23.5 Å². The van der Waals surface area contributed by atoms with E-state index in [0.717, 1.165) is 15.6 Å². The van der Waals surface area contributed by atoms with Crippen molar-refractivity contribution >= 4 is 29.1 Å². The van der Waals surface area contributed by atoms with Crippen molar-refractivity contribution < 1.29 is 0 Å². The van der Waals surface area contributed by atoms with Crippen LogP contribution in [0.5, 0.6) is 0 Å². The molecular weight excluding hydrogens is 316 g/mol. The third kappa shape index (κ3) is 3.43. The summed E-state index contributed by atoms with van der Waals surface area (Å²) in [4.78, 5) is 5.23. The second kappa shape index (κ2) is 6.42. The molecule has 6 heteroatoms. The Morgan fingerprint density at radius 1 is 1.14 bits per heavy atom. The Morgan fingerprint density at radius 3 is 2.59 bits per heavy atom. The molecule has 0 aliphatic heterocycles. The van der Waals surface area contributed by atoms with Crippen molar-refractivity contribution in [2.75, 3.05) is 5.73 Å². The minimum atomic E-state index is 0.240. The molecule has 0 saturated carbocycles. The minimum Gasteiger partial charge on any atom is -0.398 e. The van der Waals surface area contributed by atoms with Crippen molar-refractivity contribution in [3.8, 4) is 0 Å². The fourth-order valence-corrected chi connectivity index (χ4v) is 3.11. The summed E-state index contributed by atoms with van der Waals surface area (Å²) in [5, 5.41) is 5.23. The number of halogens is 1. The Balaban J connectivity index is 1.86. The zero-order valence-electron chi connectivity index (χ0n) is 12.0. The summed E-state index contributed by atoms with van der Waals surface area (Å²) in [5.74, 6) is 0. The highest BCUT2D eigenvalue weighted by Crippen LogP contribution is 2.31. The van der Waals surface area contributed by atoms with Gasteiger partial charge in [-0.2, -0.15) is 4.98 Å². The average Bonchev–Trinajstić information content (AvgIpc) is 2.83. The Bertz CT molecular complexity index is 783. The summed E-state index contributed by atoms with van der Waals surface area (Å²) >= 11 is 7.44. The SMILES string of the molecule is Cc1ccc(Cn2nc(Cl)nc2Sc2ccccc2N)cc1. The molecule has 3 aromatic rings. The Morgan fingerprint density at radius 2 is 1.86 bits per heavy atom. The first-order chi connectivity index (χ1) is 10.6. The smallest absolute Gasteiger partial charge is 0.243 e. The molecule has 0 aliphatic carbocycles. The molecule has 0 unspecified atom stereocenters. The number of para-hydroxylation sites is 1. The van der Waals surface area contributed by atoms with Crippen LogP contribution in [-0.2, 0) is 6.54 Å². The lowest BCUT2D eigenvalue weighted by Gasteiger charge is -2.07. The highest BCUT2D eigenvalue weighted by Gasteiger charge is 2.12. The van der Waals surface area contributed by atoms with Gasteiger partial charge in [0, 0.05) is 10.6 Å². The number of nitrogens with zero attached hydrogens (tertiary/aromatic N) is 3. The van der Waals surface area contributed by atoms with Crippen LogP contribution in [0.3, 0.4) is 0 Å². The number of rotatable bonds is 4. The zero-order valence-corrected chi connectivity index (χ0v) is 13.6. The molecule has 0 amide bonds. The first-order valence-corrected chi connectivity index (χ1v) is 7.99. The lowest BCUT2D eigenvalue weighted by atomic mass is 10.1. The third-order valence-corrected chi connectivity index (χ3v) is 4.42. The molecule has 0 fully saturated rings. The van der Waals surface area contributed by atoms with Crippen LogP contribution in [0.25, 0.3) is 0 Å². The summed E-state index contributed by atoms with van der Waals surface area (Å²) in [6.45, 7) is 2.69. The summed E-state index contributed by atoms with van der Waals surface area (Å²) in [7, 11) is 0. The Hall–Kier alpha value is -1.98. The van der Waals surface area contributed by atoms with Gasteiger partial charge in [0.25, 0.3) is 0 Å². The van der Waals surface area contributed by atoms with Gasteiger partial charge in [0.05, 0.1) is 6.54 Å². The largest absolute Gasteiger partial charge is 0.398 e. The summed E-state index contributed by atoms with van der Waals surface area (Å²) in [6, 6.07) is 16.0. The minimum absolute atomic E-state index is 0.240. The lowest BCUT2D eigenvalue weighted by Crippen LogP contribution is -2.03.